The second-order valence-electron chi connectivity index (χ2n) is 4.84. The molecule has 2 aromatic rings. The normalized spacial score (nSPS) is 16.9. The van der Waals surface area contributed by atoms with E-state index in [0.29, 0.717) is 29.2 Å². The van der Waals surface area contributed by atoms with Gasteiger partial charge in [0.1, 0.15) is 23.4 Å². The standard InChI is InChI=1S/C17H16O4/c1-19-11-7-8-15(20-2)13(9-11)17-10-14(18)12-5-3-4-6-16(12)21-17/h3-9,17H,10H2,1-2H3/t17-/m1/s1. The van der Waals surface area contributed by atoms with E-state index in [0.717, 1.165) is 5.56 Å². The van der Waals surface area contributed by atoms with Crippen LogP contribution in [0.2, 0.25) is 0 Å². The number of hydrogen-bond acceptors (Lipinski definition) is 4. The van der Waals surface area contributed by atoms with Crippen LogP contribution >= 0.6 is 0 Å². The average Bonchev–Trinajstić information content (AvgIpc) is 2.54. The zero-order valence-corrected chi connectivity index (χ0v) is 12.0. The van der Waals surface area contributed by atoms with Crippen LogP contribution in [0.3, 0.4) is 0 Å². The Morgan fingerprint density at radius 2 is 1.90 bits per heavy atom. The molecule has 0 unspecified atom stereocenters. The molecule has 0 aromatic heterocycles. The van der Waals surface area contributed by atoms with E-state index in [1.807, 2.05) is 36.4 Å². The van der Waals surface area contributed by atoms with Gasteiger partial charge in [-0.1, -0.05) is 12.1 Å². The molecule has 108 valence electrons. The number of carbonyl (C=O) groups is 1. The number of carbonyl (C=O) groups excluding carboxylic acids is 1. The lowest BCUT2D eigenvalue weighted by atomic mass is 9.95. The van der Waals surface area contributed by atoms with E-state index in [9.17, 15) is 4.79 Å². The quantitative estimate of drug-likeness (QED) is 0.866. The number of fused-ring (bicyclic) bond motifs is 1. The summed E-state index contributed by atoms with van der Waals surface area (Å²) in [5, 5.41) is 0. The SMILES string of the molecule is COc1ccc(OC)c([C@H]2CC(=O)c3ccccc3O2)c1. The van der Waals surface area contributed by atoms with E-state index in [-0.39, 0.29) is 11.9 Å². The molecule has 0 radical (unpaired) electrons. The number of para-hydroxylation sites is 1. The smallest absolute Gasteiger partial charge is 0.170 e. The predicted molar refractivity (Wildman–Crippen MR) is 78.3 cm³/mol. The van der Waals surface area contributed by atoms with Gasteiger partial charge in [0.05, 0.1) is 26.2 Å². The lowest BCUT2D eigenvalue weighted by molar-refractivity contribution is 0.0846. The van der Waals surface area contributed by atoms with Gasteiger partial charge >= 0.3 is 0 Å². The van der Waals surface area contributed by atoms with Crippen molar-refractivity contribution in [3.63, 3.8) is 0 Å². The van der Waals surface area contributed by atoms with Crippen molar-refractivity contribution >= 4 is 5.78 Å². The maximum Gasteiger partial charge on any atom is 0.170 e. The highest BCUT2D eigenvalue weighted by atomic mass is 16.5. The highest BCUT2D eigenvalue weighted by Gasteiger charge is 2.29. The third-order valence-electron chi connectivity index (χ3n) is 3.61. The molecule has 0 fully saturated rings. The molecule has 0 bridgehead atoms. The fourth-order valence-electron chi connectivity index (χ4n) is 2.54. The van der Waals surface area contributed by atoms with Crippen molar-refractivity contribution in [3.05, 3.63) is 53.6 Å². The molecule has 2 aromatic carbocycles. The Kier molecular flexibility index (Phi) is 3.52. The van der Waals surface area contributed by atoms with Crippen LogP contribution in [0.5, 0.6) is 17.2 Å². The first-order valence-electron chi connectivity index (χ1n) is 6.73. The molecule has 0 amide bonds. The number of ketones is 1. The molecule has 4 nitrogen and oxygen atoms in total. The Morgan fingerprint density at radius 1 is 1.10 bits per heavy atom. The molecule has 1 aliphatic rings. The number of methoxy groups -OCH3 is 2. The van der Waals surface area contributed by atoms with Crippen LogP contribution in [0.25, 0.3) is 0 Å². The first kappa shape index (κ1) is 13.5. The minimum atomic E-state index is -0.363. The third kappa shape index (κ3) is 2.44. The molecule has 3 rings (SSSR count). The van der Waals surface area contributed by atoms with Crippen molar-refractivity contribution in [3.8, 4) is 17.2 Å². The summed E-state index contributed by atoms with van der Waals surface area (Å²) in [6.45, 7) is 0. The van der Waals surface area contributed by atoms with Gasteiger partial charge < -0.3 is 14.2 Å². The number of benzene rings is 2. The Balaban J connectivity index is 2.01. The van der Waals surface area contributed by atoms with Gasteiger partial charge in [0.15, 0.2) is 5.78 Å². The topological polar surface area (TPSA) is 44.8 Å². The lowest BCUT2D eigenvalue weighted by Gasteiger charge is -2.26. The molecule has 0 N–H and O–H groups in total. The van der Waals surface area contributed by atoms with Gasteiger partial charge in [0, 0.05) is 5.56 Å². The van der Waals surface area contributed by atoms with Crippen LogP contribution in [-0.2, 0) is 0 Å². The minimum absolute atomic E-state index is 0.0757. The van der Waals surface area contributed by atoms with Gasteiger partial charge in [-0.15, -0.1) is 0 Å². The maximum atomic E-state index is 12.3. The number of hydrogen-bond donors (Lipinski definition) is 0. The minimum Gasteiger partial charge on any atom is -0.497 e. The van der Waals surface area contributed by atoms with Crippen molar-refractivity contribution < 1.29 is 19.0 Å². The largest absolute Gasteiger partial charge is 0.497 e. The van der Waals surface area contributed by atoms with Crippen LogP contribution in [0, 0.1) is 0 Å². The fraction of sp³-hybridized carbons (Fsp3) is 0.235. The van der Waals surface area contributed by atoms with E-state index in [2.05, 4.69) is 0 Å². The van der Waals surface area contributed by atoms with Crippen molar-refractivity contribution in [1.82, 2.24) is 0 Å². The first-order chi connectivity index (χ1) is 10.2. The molecule has 1 heterocycles. The molecule has 0 aliphatic carbocycles. The monoisotopic (exact) mass is 284 g/mol. The number of rotatable bonds is 3. The average molecular weight is 284 g/mol. The Hall–Kier alpha value is -2.49. The molecule has 21 heavy (non-hydrogen) atoms. The zero-order valence-electron chi connectivity index (χ0n) is 12.0. The Bertz CT molecular complexity index is 678. The molecule has 0 saturated heterocycles. The van der Waals surface area contributed by atoms with Crippen molar-refractivity contribution in [2.45, 2.75) is 12.5 Å². The van der Waals surface area contributed by atoms with Gasteiger partial charge in [0.2, 0.25) is 0 Å². The van der Waals surface area contributed by atoms with Crippen molar-refractivity contribution in [1.29, 1.82) is 0 Å². The molecular weight excluding hydrogens is 268 g/mol. The van der Waals surface area contributed by atoms with Crippen molar-refractivity contribution in [2.75, 3.05) is 14.2 Å². The van der Waals surface area contributed by atoms with Crippen LogP contribution in [0.1, 0.15) is 28.4 Å². The summed E-state index contributed by atoms with van der Waals surface area (Å²) < 4.78 is 16.6. The van der Waals surface area contributed by atoms with Crippen LogP contribution in [-0.4, -0.2) is 20.0 Å². The van der Waals surface area contributed by atoms with Crippen LogP contribution < -0.4 is 14.2 Å². The van der Waals surface area contributed by atoms with Gasteiger partial charge in [-0.3, -0.25) is 4.79 Å². The Labute approximate surface area is 123 Å². The van der Waals surface area contributed by atoms with Crippen molar-refractivity contribution in [2.24, 2.45) is 0 Å². The van der Waals surface area contributed by atoms with Gasteiger partial charge in [-0.2, -0.15) is 0 Å². The Morgan fingerprint density at radius 3 is 2.67 bits per heavy atom. The highest BCUT2D eigenvalue weighted by molar-refractivity contribution is 6.00. The van der Waals surface area contributed by atoms with E-state index < -0.39 is 0 Å². The fourth-order valence-corrected chi connectivity index (χ4v) is 2.54. The van der Waals surface area contributed by atoms with E-state index in [1.54, 1.807) is 20.3 Å². The molecule has 1 atom stereocenters. The van der Waals surface area contributed by atoms with E-state index in [4.69, 9.17) is 14.2 Å². The maximum absolute atomic E-state index is 12.3. The molecule has 1 aliphatic heterocycles. The highest BCUT2D eigenvalue weighted by Crippen LogP contribution is 2.39. The van der Waals surface area contributed by atoms with Gasteiger partial charge in [0.25, 0.3) is 0 Å². The van der Waals surface area contributed by atoms with E-state index >= 15 is 0 Å². The summed E-state index contributed by atoms with van der Waals surface area (Å²) in [4.78, 5) is 12.3. The summed E-state index contributed by atoms with van der Waals surface area (Å²) in [7, 11) is 3.21. The zero-order chi connectivity index (χ0) is 14.8. The second kappa shape index (κ2) is 5.48. The molecular formula is C17H16O4. The van der Waals surface area contributed by atoms with E-state index in [1.165, 1.54) is 0 Å². The second-order valence-corrected chi connectivity index (χ2v) is 4.84. The first-order valence-corrected chi connectivity index (χ1v) is 6.73. The number of ether oxygens (including phenoxy) is 3. The summed E-state index contributed by atoms with van der Waals surface area (Å²) in [5.41, 5.74) is 1.45. The number of Topliss-reactive ketones (excluding diaryl/α,β-unsaturated/α-hetero) is 1. The van der Waals surface area contributed by atoms with Crippen LogP contribution in [0.4, 0.5) is 0 Å². The lowest BCUT2D eigenvalue weighted by Crippen LogP contribution is -2.20. The predicted octanol–water partition coefficient (Wildman–Crippen LogP) is 3.41. The third-order valence-corrected chi connectivity index (χ3v) is 3.61. The molecule has 4 heteroatoms. The molecule has 0 spiro atoms. The summed E-state index contributed by atoms with van der Waals surface area (Å²) in [5.74, 6) is 2.09. The van der Waals surface area contributed by atoms with Gasteiger partial charge in [-0.05, 0) is 30.3 Å². The van der Waals surface area contributed by atoms with Gasteiger partial charge in [-0.25, -0.2) is 0 Å². The summed E-state index contributed by atoms with van der Waals surface area (Å²) in [6.07, 6.45) is -0.0713. The molecule has 0 saturated carbocycles. The summed E-state index contributed by atoms with van der Waals surface area (Å²) >= 11 is 0. The van der Waals surface area contributed by atoms with Crippen LogP contribution in [0.15, 0.2) is 42.5 Å². The summed E-state index contributed by atoms with van der Waals surface area (Å²) in [6, 6.07) is 12.8.